The van der Waals surface area contributed by atoms with Gasteiger partial charge in [0.05, 0.1) is 4.92 Å². The number of nitro groups is 1. The highest BCUT2D eigenvalue weighted by Crippen LogP contribution is 2.20. The Morgan fingerprint density at radius 3 is 2.86 bits per heavy atom. The first kappa shape index (κ1) is 14.4. The molecule has 0 bridgehead atoms. The molecule has 21 heavy (non-hydrogen) atoms. The minimum atomic E-state index is -0.440. The Morgan fingerprint density at radius 1 is 1.43 bits per heavy atom. The van der Waals surface area contributed by atoms with Crippen molar-refractivity contribution < 1.29 is 9.72 Å². The Hall–Kier alpha value is -2.96. The van der Waals surface area contributed by atoms with Crippen LogP contribution in [-0.2, 0) is 6.54 Å². The second-order valence-electron chi connectivity index (χ2n) is 4.47. The van der Waals surface area contributed by atoms with Crippen LogP contribution in [-0.4, -0.2) is 15.8 Å². The topological polar surface area (TPSA) is 111 Å². The number of nitro benzene ring substituents is 1. The van der Waals surface area contributed by atoms with Crippen LogP contribution in [0.2, 0.25) is 0 Å². The molecule has 108 valence electrons. The molecule has 0 atom stereocenters. The number of nitrogen functional groups attached to an aromatic ring is 1. The van der Waals surface area contributed by atoms with Crippen LogP contribution in [0.25, 0.3) is 0 Å². The van der Waals surface area contributed by atoms with Gasteiger partial charge >= 0.3 is 0 Å². The molecule has 0 saturated heterocycles. The number of nitrogens with one attached hydrogen (secondary N) is 1. The van der Waals surface area contributed by atoms with Gasteiger partial charge in [0.25, 0.3) is 11.6 Å². The van der Waals surface area contributed by atoms with Gasteiger partial charge in [-0.1, -0.05) is 12.1 Å². The fraction of sp³-hybridized carbons (Fsp3) is 0.143. The quantitative estimate of drug-likeness (QED) is 0.657. The van der Waals surface area contributed by atoms with Gasteiger partial charge in [-0.25, -0.2) is 4.98 Å². The van der Waals surface area contributed by atoms with Gasteiger partial charge in [-0.2, -0.15) is 0 Å². The van der Waals surface area contributed by atoms with Gasteiger partial charge in [0.1, 0.15) is 5.82 Å². The van der Waals surface area contributed by atoms with Crippen molar-refractivity contribution in [2.75, 3.05) is 5.73 Å². The maximum atomic E-state index is 12.0. The van der Waals surface area contributed by atoms with E-state index >= 15 is 0 Å². The van der Waals surface area contributed by atoms with Gasteiger partial charge in [-0.3, -0.25) is 14.9 Å². The smallest absolute Gasteiger partial charge is 0.272 e. The normalized spacial score (nSPS) is 10.1. The molecule has 0 radical (unpaired) electrons. The largest absolute Gasteiger partial charge is 0.384 e. The van der Waals surface area contributed by atoms with Crippen molar-refractivity contribution in [3.8, 4) is 0 Å². The van der Waals surface area contributed by atoms with Gasteiger partial charge in [0, 0.05) is 29.9 Å². The Labute approximate surface area is 121 Å². The Morgan fingerprint density at radius 2 is 2.19 bits per heavy atom. The molecule has 7 nitrogen and oxygen atoms in total. The first-order valence-electron chi connectivity index (χ1n) is 6.21. The van der Waals surface area contributed by atoms with Gasteiger partial charge in [0.2, 0.25) is 0 Å². The van der Waals surface area contributed by atoms with Crippen LogP contribution >= 0.6 is 0 Å². The van der Waals surface area contributed by atoms with E-state index in [4.69, 9.17) is 5.73 Å². The lowest BCUT2D eigenvalue weighted by atomic mass is 10.1. The fourth-order valence-corrected chi connectivity index (χ4v) is 1.93. The predicted octanol–water partition coefficient (Wildman–Crippen LogP) is 1.81. The number of nitrogens with zero attached hydrogens (tertiary/aromatic N) is 2. The molecule has 2 rings (SSSR count). The molecule has 0 saturated carbocycles. The van der Waals surface area contributed by atoms with E-state index in [0.29, 0.717) is 16.7 Å². The third-order valence-electron chi connectivity index (χ3n) is 3.10. The number of hydrogen-bond acceptors (Lipinski definition) is 5. The Kier molecular flexibility index (Phi) is 4.13. The lowest BCUT2D eigenvalue weighted by molar-refractivity contribution is -0.385. The molecule has 0 fully saturated rings. The van der Waals surface area contributed by atoms with Gasteiger partial charge in [0.15, 0.2) is 0 Å². The predicted molar refractivity (Wildman–Crippen MR) is 77.7 cm³/mol. The van der Waals surface area contributed by atoms with E-state index in [1.54, 1.807) is 25.1 Å². The molecule has 1 aromatic carbocycles. The number of hydrogen-bond donors (Lipinski definition) is 2. The summed E-state index contributed by atoms with van der Waals surface area (Å²) in [4.78, 5) is 26.2. The first-order chi connectivity index (χ1) is 9.99. The summed E-state index contributed by atoms with van der Waals surface area (Å²) in [6.07, 6.45) is 1.45. The van der Waals surface area contributed by atoms with Crippen molar-refractivity contribution in [3.63, 3.8) is 0 Å². The van der Waals surface area contributed by atoms with Crippen molar-refractivity contribution in [1.82, 2.24) is 10.3 Å². The second-order valence-corrected chi connectivity index (χ2v) is 4.47. The summed E-state index contributed by atoms with van der Waals surface area (Å²) >= 11 is 0. The summed E-state index contributed by atoms with van der Waals surface area (Å²) < 4.78 is 0. The Bertz CT molecular complexity index is 700. The standard InChI is InChI=1S/C14H14N4O3/c1-9-11(3-2-4-12(9)18(20)21)8-17-14(19)10-5-6-16-13(15)7-10/h2-7H,8H2,1H3,(H2,15,16)(H,17,19). The first-order valence-corrected chi connectivity index (χ1v) is 6.21. The average molecular weight is 286 g/mol. The fourth-order valence-electron chi connectivity index (χ4n) is 1.93. The molecular formula is C14H14N4O3. The maximum Gasteiger partial charge on any atom is 0.272 e. The molecule has 0 aliphatic heterocycles. The average Bonchev–Trinajstić information content (AvgIpc) is 2.45. The second kappa shape index (κ2) is 6.00. The lowest BCUT2D eigenvalue weighted by Gasteiger charge is -2.08. The number of pyridine rings is 1. The Balaban J connectivity index is 2.12. The van der Waals surface area contributed by atoms with Gasteiger partial charge < -0.3 is 11.1 Å². The SMILES string of the molecule is Cc1c(CNC(=O)c2ccnc(N)c2)cccc1[N+](=O)[O-]. The minimum Gasteiger partial charge on any atom is -0.384 e. The third kappa shape index (κ3) is 3.33. The van der Waals surface area contributed by atoms with Crippen LogP contribution in [0.4, 0.5) is 11.5 Å². The van der Waals surface area contributed by atoms with Crippen molar-refractivity contribution in [2.45, 2.75) is 13.5 Å². The van der Waals surface area contributed by atoms with E-state index in [9.17, 15) is 14.9 Å². The number of anilines is 1. The highest BCUT2D eigenvalue weighted by molar-refractivity contribution is 5.94. The molecule has 3 N–H and O–H groups in total. The van der Waals surface area contributed by atoms with Crippen LogP contribution in [0.1, 0.15) is 21.5 Å². The van der Waals surface area contributed by atoms with Crippen LogP contribution in [0.5, 0.6) is 0 Å². The molecule has 0 unspecified atom stereocenters. The number of amides is 1. The summed E-state index contributed by atoms with van der Waals surface area (Å²) in [5.41, 5.74) is 7.18. The van der Waals surface area contributed by atoms with E-state index in [1.807, 2.05) is 0 Å². The summed E-state index contributed by atoms with van der Waals surface area (Å²) in [6, 6.07) is 7.78. The van der Waals surface area contributed by atoms with E-state index < -0.39 is 4.92 Å². The van der Waals surface area contributed by atoms with E-state index in [1.165, 1.54) is 18.3 Å². The number of carbonyl (C=O) groups excluding carboxylic acids is 1. The summed E-state index contributed by atoms with van der Waals surface area (Å²) in [5, 5.41) is 13.6. The molecular weight excluding hydrogens is 272 g/mol. The van der Waals surface area contributed by atoms with Crippen molar-refractivity contribution in [3.05, 3.63) is 63.3 Å². The highest BCUT2D eigenvalue weighted by atomic mass is 16.6. The molecule has 0 spiro atoms. The molecule has 1 amide bonds. The zero-order valence-corrected chi connectivity index (χ0v) is 11.4. The number of benzene rings is 1. The van der Waals surface area contributed by atoms with Crippen LogP contribution < -0.4 is 11.1 Å². The zero-order chi connectivity index (χ0) is 15.4. The molecule has 7 heteroatoms. The van der Waals surface area contributed by atoms with Crippen LogP contribution in [0.15, 0.2) is 36.5 Å². The summed E-state index contributed by atoms with van der Waals surface area (Å²) in [5.74, 6) is -0.0517. The lowest BCUT2D eigenvalue weighted by Crippen LogP contribution is -2.23. The van der Waals surface area contributed by atoms with Crippen LogP contribution in [0, 0.1) is 17.0 Å². The summed E-state index contributed by atoms with van der Waals surface area (Å²) in [6.45, 7) is 1.86. The molecule has 1 aromatic heterocycles. The van der Waals surface area contributed by atoms with Crippen LogP contribution in [0.3, 0.4) is 0 Å². The van der Waals surface area contributed by atoms with E-state index in [0.717, 1.165) is 0 Å². The number of aromatic nitrogens is 1. The molecule has 1 heterocycles. The van der Waals surface area contributed by atoms with Gasteiger partial charge in [-0.05, 0) is 24.6 Å². The highest BCUT2D eigenvalue weighted by Gasteiger charge is 2.14. The van der Waals surface area contributed by atoms with Crippen molar-refractivity contribution in [2.24, 2.45) is 0 Å². The molecule has 2 aromatic rings. The van der Waals surface area contributed by atoms with E-state index in [2.05, 4.69) is 10.3 Å². The third-order valence-corrected chi connectivity index (χ3v) is 3.10. The van der Waals surface area contributed by atoms with Crippen molar-refractivity contribution >= 4 is 17.4 Å². The monoisotopic (exact) mass is 286 g/mol. The summed E-state index contributed by atoms with van der Waals surface area (Å²) in [7, 11) is 0. The van der Waals surface area contributed by atoms with Gasteiger partial charge in [-0.15, -0.1) is 0 Å². The number of rotatable bonds is 4. The number of nitrogens with two attached hydrogens (primary N) is 1. The molecule has 0 aliphatic rings. The van der Waals surface area contributed by atoms with E-state index in [-0.39, 0.29) is 24.0 Å². The minimum absolute atomic E-state index is 0.0369. The maximum absolute atomic E-state index is 12.0. The zero-order valence-electron chi connectivity index (χ0n) is 11.4. The van der Waals surface area contributed by atoms with Crippen molar-refractivity contribution in [1.29, 1.82) is 0 Å². The molecule has 0 aliphatic carbocycles. The number of carbonyl (C=O) groups is 1.